The first-order valence-electron chi connectivity index (χ1n) is 14.1. The summed E-state index contributed by atoms with van der Waals surface area (Å²) >= 11 is 0. The van der Waals surface area contributed by atoms with Crippen molar-refractivity contribution >= 4 is 28.4 Å². The van der Waals surface area contributed by atoms with Gasteiger partial charge >= 0.3 is 0 Å². The molecule has 9 heteroatoms. The Morgan fingerprint density at radius 1 is 0.975 bits per heavy atom. The number of methoxy groups -OCH3 is 2. The molecule has 40 heavy (non-hydrogen) atoms. The molecular formula is C31H36N6O3. The van der Waals surface area contributed by atoms with E-state index >= 15 is 0 Å². The molecule has 0 amide bonds. The Balaban J connectivity index is 1.32. The van der Waals surface area contributed by atoms with Gasteiger partial charge in [0.15, 0.2) is 11.5 Å². The van der Waals surface area contributed by atoms with Crippen molar-refractivity contribution in [1.82, 2.24) is 19.9 Å². The van der Waals surface area contributed by atoms with E-state index < -0.39 is 0 Å². The second-order valence-electron chi connectivity index (χ2n) is 10.5. The summed E-state index contributed by atoms with van der Waals surface area (Å²) in [7, 11) is 3.24. The topological polar surface area (TPSA) is 93.5 Å². The summed E-state index contributed by atoms with van der Waals surface area (Å²) in [6.45, 7) is 4.02. The summed E-state index contributed by atoms with van der Waals surface area (Å²) in [6, 6.07) is 16.2. The summed E-state index contributed by atoms with van der Waals surface area (Å²) < 4.78 is 12.8. The van der Waals surface area contributed by atoms with E-state index in [1.807, 2.05) is 35.0 Å². The van der Waals surface area contributed by atoms with Crippen LogP contribution in [0.1, 0.15) is 42.9 Å². The molecule has 2 aromatic carbocycles. The molecule has 6 rings (SSSR count). The van der Waals surface area contributed by atoms with Crippen LogP contribution in [0.2, 0.25) is 0 Å². The molecule has 1 saturated carbocycles. The summed E-state index contributed by atoms with van der Waals surface area (Å²) in [4.78, 5) is 25.8. The molecule has 2 fully saturated rings. The van der Waals surface area contributed by atoms with Crippen LogP contribution in [-0.4, -0.2) is 54.9 Å². The fourth-order valence-electron chi connectivity index (χ4n) is 5.88. The van der Waals surface area contributed by atoms with Gasteiger partial charge in [0.1, 0.15) is 5.65 Å². The van der Waals surface area contributed by atoms with Gasteiger partial charge in [0.2, 0.25) is 5.95 Å². The first-order chi connectivity index (χ1) is 19.6. The van der Waals surface area contributed by atoms with Gasteiger partial charge in [-0.05, 0) is 60.9 Å². The lowest BCUT2D eigenvalue weighted by molar-refractivity contribution is 0.354. The minimum atomic E-state index is 0.0132. The Bertz CT molecular complexity index is 1540. The van der Waals surface area contributed by atoms with E-state index in [0.29, 0.717) is 29.5 Å². The molecule has 0 radical (unpaired) electrons. The highest BCUT2D eigenvalue weighted by Crippen LogP contribution is 2.32. The van der Waals surface area contributed by atoms with Crippen molar-refractivity contribution in [2.45, 2.75) is 38.1 Å². The molecule has 9 nitrogen and oxygen atoms in total. The molecule has 0 atom stereocenters. The van der Waals surface area contributed by atoms with Crippen LogP contribution in [-0.2, 0) is 6.42 Å². The minimum Gasteiger partial charge on any atom is -0.493 e. The Kier molecular flexibility index (Phi) is 7.55. The standard InChI is InChI=1S/C31H36N6O3/c1-39-27-12-7-21(18-28(27)40-2)17-22-19-23-20-33-31(35-29(23)37(30(22)38)26-5-3-4-6-26)34-24-8-10-25(11-9-24)36-15-13-32-14-16-36/h7-12,18-20,26,32H,3-6,13-17H2,1-2H3,(H,33,34,35). The maximum Gasteiger partial charge on any atom is 0.256 e. The monoisotopic (exact) mass is 540 g/mol. The largest absolute Gasteiger partial charge is 0.493 e. The van der Waals surface area contributed by atoms with Crippen LogP contribution in [0.4, 0.5) is 17.3 Å². The van der Waals surface area contributed by atoms with Gasteiger partial charge in [0.25, 0.3) is 5.56 Å². The lowest BCUT2D eigenvalue weighted by Gasteiger charge is -2.29. The fourth-order valence-corrected chi connectivity index (χ4v) is 5.88. The first kappa shape index (κ1) is 26.1. The van der Waals surface area contributed by atoms with Crippen molar-refractivity contribution in [1.29, 1.82) is 0 Å². The van der Waals surface area contributed by atoms with E-state index in [2.05, 4.69) is 44.8 Å². The average Bonchev–Trinajstić information content (AvgIpc) is 3.53. The average molecular weight is 541 g/mol. The Morgan fingerprint density at radius 2 is 1.73 bits per heavy atom. The van der Waals surface area contributed by atoms with Gasteiger partial charge in [-0.25, -0.2) is 4.98 Å². The molecule has 0 unspecified atom stereocenters. The fraction of sp³-hybridized carbons (Fsp3) is 0.387. The van der Waals surface area contributed by atoms with Crippen LogP contribution in [0.3, 0.4) is 0 Å². The highest BCUT2D eigenvalue weighted by Gasteiger charge is 2.23. The van der Waals surface area contributed by atoms with Gasteiger partial charge in [-0.3, -0.25) is 9.36 Å². The Hall–Kier alpha value is -4.11. The quantitative estimate of drug-likeness (QED) is 0.333. The van der Waals surface area contributed by atoms with Gasteiger partial charge in [-0.1, -0.05) is 18.9 Å². The van der Waals surface area contributed by atoms with Gasteiger partial charge in [0, 0.05) is 67.2 Å². The van der Waals surface area contributed by atoms with Crippen LogP contribution in [0.25, 0.3) is 11.0 Å². The maximum atomic E-state index is 13.9. The highest BCUT2D eigenvalue weighted by atomic mass is 16.5. The van der Waals surface area contributed by atoms with E-state index in [4.69, 9.17) is 14.5 Å². The molecule has 2 aromatic heterocycles. The number of benzene rings is 2. The molecule has 1 saturated heterocycles. The number of fused-ring (bicyclic) bond motifs is 1. The number of ether oxygens (including phenoxy) is 2. The zero-order valence-electron chi connectivity index (χ0n) is 23.2. The lowest BCUT2D eigenvalue weighted by atomic mass is 10.0. The van der Waals surface area contributed by atoms with Crippen LogP contribution in [0.5, 0.6) is 11.5 Å². The molecule has 1 aliphatic carbocycles. The minimum absolute atomic E-state index is 0.0132. The highest BCUT2D eigenvalue weighted by molar-refractivity contribution is 5.77. The Morgan fingerprint density at radius 3 is 2.45 bits per heavy atom. The number of piperazine rings is 1. The maximum absolute atomic E-state index is 13.9. The van der Waals surface area contributed by atoms with Crippen LogP contribution in [0.15, 0.2) is 59.5 Å². The third-order valence-corrected chi connectivity index (χ3v) is 7.99. The molecule has 1 aliphatic heterocycles. The molecule has 2 N–H and O–H groups in total. The third-order valence-electron chi connectivity index (χ3n) is 7.99. The van der Waals surface area contributed by atoms with E-state index in [0.717, 1.165) is 74.1 Å². The van der Waals surface area contributed by atoms with Crippen molar-refractivity contribution < 1.29 is 9.47 Å². The van der Waals surface area contributed by atoms with Crippen molar-refractivity contribution in [3.05, 3.63) is 76.2 Å². The van der Waals surface area contributed by atoms with Gasteiger partial charge in [0.05, 0.1) is 14.2 Å². The number of aromatic nitrogens is 3. The number of nitrogens with zero attached hydrogens (tertiary/aromatic N) is 4. The summed E-state index contributed by atoms with van der Waals surface area (Å²) in [5.41, 5.74) is 4.53. The lowest BCUT2D eigenvalue weighted by Crippen LogP contribution is -2.43. The van der Waals surface area contributed by atoms with Crippen molar-refractivity contribution in [3.63, 3.8) is 0 Å². The van der Waals surface area contributed by atoms with E-state index in [1.54, 1.807) is 14.2 Å². The summed E-state index contributed by atoms with van der Waals surface area (Å²) in [5, 5.41) is 7.60. The molecular weight excluding hydrogens is 504 g/mol. The van der Waals surface area contributed by atoms with Crippen molar-refractivity contribution in [3.8, 4) is 11.5 Å². The second kappa shape index (κ2) is 11.6. The SMILES string of the molecule is COc1ccc(Cc2cc3cnc(Nc4ccc(N5CCNCC5)cc4)nc3n(C3CCCC3)c2=O)cc1OC. The molecule has 3 heterocycles. The van der Waals surface area contributed by atoms with Crippen LogP contribution >= 0.6 is 0 Å². The number of pyridine rings is 1. The predicted octanol–water partition coefficient (Wildman–Crippen LogP) is 4.67. The zero-order valence-corrected chi connectivity index (χ0v) is 23.2. The number of nitrogens with one attached hydrogen (secondary N) is 2. The summed E-state index contributed by atoms with van der Waals surface area (Å²) in [6.07, 6.45) is 6.51. The van der Waals surface area contributed by atoms with Crippen LogP contribution < -0.4 is 30.6 Å². The summed E-state index contributed by atoms with van der Waals surface area (Å²) in [5.74, 6) is 1.80. The molecule has 4 aromatic rings. The number of hydrogen-bond donors (Lipinski definition) is 2. The number of anilines is 3. The zero-order chi connectivity index (χ0) is 27.5. The molecule has 0 bridgehead atoms. The smallest absolute Gasteiger partial charge is 0.256 e. The van der Waals surface area contributed by atoms with Crippen molar-refractivity contribution in [2.75, 3.05) is 50.6 Å². The van der Waals surface area contributed by atoms with E-state index in [1.165, 1.54) is 5.69 Å². The van der Waals surface area contributed by atoms with Crippen molar-refractivity contribution in [2.24, 2.45) is 0 Å². The van der Waals surface area contributed by atoms with Gasteiger partial charge in [-0.15, -0.1) is 0 Å². The third kappa shape index (κ3) is 5.34. The number of rotatable bonds is 8. The normalized spacial score (nSPS) is 15.9. The van der Waals surface area contributed by atoms with Gasteiger partial charge < -0.3 is 25.0 Å². The van der Waals surface area contributed by atoms with E-state index in [9.17, 15) is 4.79 Å². The van der Waals surface area contributed by atoms with E-state index in [-0.39, 0.29) is 11.6 Å². The first-order valence-corrected chi connectivity index (χ1v) is 14.1. The molecule has 2 aliphatic rings. The van der Waals surface area contributed by atoms with Crippen LogP contribution in [0, 0.1) is 0 Å². The second-order valence-corrected chi connectivity index (χ2v) is 10.5. The number of hydrogen-bond acceptors (Lipinski definition) is 8. The van der Waals surface area contributed by atoms with Gasteiger partial charge in [-0.2, -0.15) is 4.98 Å². The molecule has 0 spiro atoms. The predicted molar refractivity (Wildman–Crippen MR) is 158 cm³/mol. The molecule has 208 valence electrons. The Labute approximate surface area is 234 Å².